The largest absolute Gasteiger partial charge is 0.378 e. The van der Waals surface area contributed by atoms with Crippen LogP contribution < -0.4 is 5.32 Å². The molecule has 3 rings (SSSR count). The number of hydrogen-bond donors (Lipinski definition) is 1. The fourth-order valence-electron chi connectivity index (χ4n) is 4.29. The standard InChI is InChI=1S/C18H26N2O2S/c1-20-10-8-18(9-11-20)14-7-5-4-6-13(14)16(17(18)22-2)19-15(21)12-23-3/h4-7,16-17H,8-12H2,1-3H3,(H,19,21)/t16-,17+/m1/s1. The zero-order valence-corrected chi connectivity index (χ0v) is 15.0. The van der Waals surface area contributed by atoms with Crippen LogP contribution in [0.15, 0.2) is 24.3 Å². The van der Waals surface area contributed by atoms with Crippen molar-refractivity contribution in [1.82, 2.24) is 10.2 Å². The number of thioether (sulfide) groups is 1. The van der Waals surface area contributed by atoms with Gasteiger partial charge in [0, 0.05) is 12.5 Å². The van der Waals surface area contributed by atoms with Crippen LogP contribution >= 0.6 is 11.8 Å². The summed E-state index contributed by atoms with van der Waals surface area (Å²) in [5.74, 6) is 0.578. The van der Waals surface area contributed by atoms with E-state index >= 15 is 0 Å². The topological polar surface area (TPSA) is 41.6 Å². The van der Waals surface area contributed by atoms with Crippen molar-refractivity contribution in [2.75, 3.05) is 39.3 Å². The van der Waals surface area contributed by atoms with Crippen molar-refractivity contribution in [3.63, 3.8) is 0 Å². The highest BCUT2D eigenvalue weighted by Crippen LogP contribution is 2.51. The van der Waals surface area contributed by atoms with E-state index in [1.54, 1.807) is 18.9 Å². The lowest BCUT2D eigenvalue weighted by Crippen LogP contribution is -2.50. The zero-order valence-electron chi connectivity index (χ0n) is 14.2. The van der Waals surface area contributed by atoms with Gasteiger partial charge in [-0.25, -0.2) is 0 Å². The highest BCUT2D eigenvalue weighted by atomic mass is 32.2. The molecular weight excluding hydrogens is 308 g/mol. The molecule has 1 aromatic carbocycles. The summed E-state index contributed by atoms with van der Waals surface area (Å²) in [5.41, 5.74) is 2.63. The zero-order chi connectivity index (χ0) is 16.4. The lowest BCUT2D eigenvalue weighted by Gasteiger charge is -2.43. The summed E-state index contributed by atoms with van der Waals surface area (Å²) in [6.07, 6.45) is 4.12. The number of amides is 1. The van der Waals surface area contributed by atoms with Crippen molar-refractivity contribution in [2.45, 2.75) is 30.4 Å². The van der Waals surface area contributed by atoms with Crippen LogP contribution in [0.3, 0.4) is 0 Å². The van der Waals surface area contributed by atoms with Crippen LogP contribution in [-0.2, 0) is 14.9 Å². The van der Waals surface area contributed by atoms with Gasteiger partial charge in [-0.2, -0.15) is 11.8 Å². The molecular formula is C18H26N2O2S. The molecule has 5 heteroatoms. The Bertz CT molecular complexity index is 570. The van der Waals surface area contributed by atoms with Crippen LogP contribution in [0, 0.1) is 0 Å². The Balaban J connectivity index is 1.97. The fourth-order valence-corrected chi connectivity index (χ4v) is 4.64. The molecule has 1 heterocycles. The minimum absolute atomic E-state index is 0.0133. The van der Waals surface area contributed by atoms with Crippen LogP contribution in [0.5, 0.6) is 0 Å². The molecule has 0 unspecified atom stereocenters. The second kappa shape index (κ2) is 6.83. The fraction of sp³-hybridized carbons (Fsp3) is 0.611. The van der Waals surface area contributed by atoms with Gasteiger partial charge in [-0.1, -0.05) is 24.3 Å². The van der Waals surface area contributed by atoms with Gasteiger partial charge in [0.2, 0.25) is 5.91 Å². The van der Waals surface area contributed by atoms with Gasteiger partial charge < -0.3 is 15.0 Å². The molecule has 0 aromatic heterocycles. The molecule has 23 heavy (non-hydrogen) atoms. The number of fused-ring (bicyclic) bond motifs is 2. The van der Waals surface area contributed by atoms with Crippen molar-refractivity contribution in [3.8, 4) is 0 Å². The van der Waals surface area contributed by atoms with E-state index in [2.05, 4.69) is 41.5 Å². The minimum Gasteiger partial charge on any atom is -0.378 e. The van der Waals surface area contributed by atoms with Gasteiger partial charge in [0.05, 0.1) is 17.9 Å². The maximum absolute atomic E-state index is 12.2. The van der Waals surface area contributed by atoms with Gasteiger partial charge in [-0.15, -0.1) is 0 Å². The van der Waals surface area contributed by atoms with Crippen LogP contribution in [0.1, 0.15) is 30.0 Å². The highest BCUT2D eigenvalue weighted by molar-refractivity contribution is 7.99. The first-order valence-corrected chi connectivity index (χ1v) is 9.61. The third kappa shape index (κ3) is 2.90. The summed E-state index contributed by atoms with van der Waals surface area (Å²) in [7, 11) is 3.96. The van der Waals surface area contributed by atoms with Gasteiger partial charge in [0.15, 0.2) is 0 Å². The van der Waals surface area contributed by atoms with Crippen molar-refractivity contribution in [1.29, 1.82) is 0 Å². The summed E-state index contributed by atoms with van der Waals surface area (Å²) in [6, 6.07) is 8.51. The quantitative estimate of drug-likeness (QED) is 0.917. The van der Waals surface area contributed by atoms with Crippen molar-refractivity contribution in [3.05, 3.63) is 35.4 Å². The lowest BCUT2D eigenvalue weighted by molar-refractivity contribution is -0.120. The Kier molecular flexibility index (Phi) is 4.99. The first kappa shape index (κ1) is 16.8. The summed E-state index contributed by atoms with van der Waals surface area (Å²) < 4.78 is 5.97. The average Bonchev–Trinajstić information content (AvgIpc) is 2.80. The number of carbonyl (C=O) groups excluding carboxylic acids is 1. The van der Waals surface area contributed by atoms with E-state index in [1.165, 1.54) is 11.1 Å². The average molecular weight is 334 g/mol. The van der Waals surface area contributed by atoms with E-state index in [-0.39, 0.29) is 23.5 Å². The lowest BCUT2D eigenvalue weighted by atomic mass is 9.72. The predicted octanol–water partition coefficient (Wildman–Crippen LogP) is 2.20. The molecule has 1 spiro atoms. The van der Waals surface area contributed by atoms with E-state index in [0.29, 0.717) is 5.75 Å². The van der Waals surface area contributed by atoms with Gasteiger partial charge in [0.1, 0.15) is 0 Å². The summed E-state index contributed by atoms with van der Waals surface area (Å²) >= 11 is 1.55. The molecule has 4 nitrogen and oxygen atoms in total. The molecule has 2 atom stereocenters. The van der Waals surface area contributed by atoms with Crippen molar-refractivity contribution in [2.24, 2.45) is 0 Å². The number of ether oxygens (including phenoxy) is 1. The van der Waals surface area contributed by atoms with Crippen molar-refractivity contribution < 1.29 is 9.53 Å². The molecule has 1 aromatic rings. The van der Waals surface area contributed by atoms with Crippen LogP contribution in [0.4, 0.5) is 0 Å². The maximum Gasteiger partial charge on any atom is 0.230 e. The Morgan fingerprint density at radius 3 is 2.74 bits per heavy atom. The summed E-state index contributed by atoms with van der Waals surface area (Å²) in [6.45, 7) is 2.14. The van der Waals surface area contributed by atoms with Gasteiger partial charge in [-0.3, -0.25) is 4.79 Å². The second-order valence-electron chi connectivity index (χ2n) is 6.68. The normalized spacial score (nSPS) is 26.2. The Morgan fingerprint density at radius 1 is 1.39 bits per heavy atom. The Morgan fingerprint density at radius 2 is 2.09 bits per heavy atom. The third-order valence-electron chi connectivity index (χ3n) is 5.40. The molecule has 0 radical (unpaired) electrons. The maximum atomic E-state index is 12.2. The number of hydrogen-bond acceptors (Lipinski definition) is 4. The number of rotatable bonds is 4. The number of piperidine rings is 1. The van der Waals surface area contributed by atoms with E-state index in [0.717, 1.165) is 25.9 Å². The third-order valence-corrected chi connectivity index (χ3v) is 5.96. The number of nitrogens with one attached hydrogen (secondary N) is 1. The second-order valence-corrected chi connectivity index (χ2v) is 7.55. The van der Waals surface area contributed by atoms with Gasteiger partial charge in [0.25, 0.3) is 0 Å². The molecule has 1 fully saturated rings. The predicted molar refractivity (Wildman–Crippen MR) is 94.9 cm³/mol. The first-order valence-electron chi connectivity index (χ1n) is 8.21. The molecule has 1 saturated heterocycles. The summed E-state index contributed by atoms with van der Waals surface area (Å²) in [5, 5.41) is 3.22. The smallest absolute Gasteiger partial charge is 0.230 e. The van der Waals surface area contributed by atoms with E-state index in [4.69, 9.17) is 4.74 Å². The Hall–Kier alpha value is -1.04. The molecule has 1 amide bonds. The van der Waals surface area contributed by atoms with Crippen LogP contribution in [-0.4, -0.2) is 56.2 Å². The molecule has 126 valence electrons. The summed E-state index contributed by atoms with van der Waals surface area (Å²) in [4.78, 5) is 14.6. The molecule has 1 N–H and O–H groups in total. The van der Waals surface area contributed by atoms with Gasteiger partial charge in [-0.05, 0) is 50.4 Å². The van der Waals surface area contributed by atoms with Crippen LogP contribution in [0.25, 0.3) is 0 Å². The Labute approximate surface area is 143 Å². The number of methoxy groups -OCH3 is 1. The van der Waals surface area contributed by atoms with E-state index in [1.807, 2.05) is 6.26 Å². The first-order chi connectivity index (χ1) is 11.1. The number of carbonyl (C=O) groups is 1. The van der Waals surface area contributed by atoms with Gasteiger partial charge >= 0.3 is 0 Å². The van der Waals surface area contributed by atoms with E-state index in [9.17, 15) is 4.79 Å². The number of benzene rings is 1. The SMILES string of the molecule is CO[C@H]1[C@H](NC(=O)CSC)c2ccccc2C12CCN(C)CC2. The molecule has 1 aliphatic heterocycles. The minimum atomic E-state index is -0.0424. The molecule has 2 aliphatic rings. The highest BCUT2D eigenvalue weighted by Gasteiger charge is 2.53. The molecule has 1 aliphatic carbocycles. The number of likely N-dealkylation sites (tertiary alicyclic amines) is 1. The molecule has 0 saturated carbocycles. The van der Waals surface area contributed by atoms with E-state index < -0.39 is 0 Å². The van der Waals surface area contributed by atoms with Crippen LogP contribution in [0.2, 0.25) is 0 Å². The van der Waals surface area contributed by atoms with Crippen molar-refractivity contribution >= 4 is 17.7 Å². The number of nitrogens with zero attached hydrogens (tertiary/aromatic N) is 1. The molecule has 0 bridgehead atoms. The monoisotopic (exact) mass is 334 g/mol.